The minimum absolute atomic E-state index is 0.0130. The molecule has 2 aromatic carbocycles. The van der Waals surface area contributed by atoms with Gasteiger partial charge in [-0.2, -0.15) is 0 Å². The fraction of sp³-hybridized carbons (Fsp3) is 0.333. The van der Waals surface area contributed by atoms with E-state index in [0.29, 0.717) is 0 Å². The van der Waals surface area contributed by atoms with Crippen LogP contribution in [-0.4, -0.2) is 0 Å². The van der Waals surface area contributed by atoms with E-state index >= 15 is 0 Å². The molecule has 2 aromatic rings. The number of para-hydroxylation sites is 1. The second-order valence-electron chi connectivity index (χ2n) is 10.0. The van der Waals surface area contributed by atoms with Crippen LogP contribution in [0.25, 0.3) is 5.57 Å². The summed E-state index contributed by atoms with van der Waals surface area (Å²) in [7, 11) is 0. The number of hydrogen-bond donors (Lipinski definition) is 2. The van der Waals surface area contributed by atoms with Crippen LogP contribution in [0.5, 0.6) is 0 Å². The number of aryl methyl sites for hydroxylation is 1. The molecular formula is C27H34N2. The van der Waals surface area contributed by atoms with Crippen molar-refractivity contribution in [3.05, 3.63) is 89.3 Å². The van der Waals surface area contributed by atoms with Crippen LogP contribution in [0.2, 0.25) is 0 Å². The fourth-order valence-electron chi connectivity index (χ4n) is 3.99. The first-order chi connectivity index (χ1) is 13.4. The zero-order chi connectivity index (χ0) is 21.6. The molecule has 0 atom stereocenters. The van der Waals surface area contributed by atoms with Crippen LogP contribution in [0.3, 0.4) is 0 Å². The molecule has 152 valence electrons. The summed E-state index contributed by atoms with van der Waals surface area (Å²) in [4.78, 5) is 0. The van der Waals surface area contributed by atoms with E-state index in [1.165, 1.54) is 16.7 Å². The highest BCUT2D eigenvalue weighted by atomic mass is 14.9. The predicted molar refractivity (Wildman–Crippen MR) is 129 cm³/mol. The topological polar surface area (TPSA) is 24.1 Å². The van der Waals surface area contributed by atoms with Gasteiger partial charge in [0.15, 0.2) is 0 Å². The average Bonchev–Trinajstić information content (AvgIpc) is 2.60. The maximum Gasteiger partial charge on any atom is 0.0459 e. The Hall–Kier alpha value is -2.74. The third-order valence-electron chi connectivity index (χ3n) is 5.54. The van der Waals surface area contributed by atoms with Gasteiger partial charge in [0.05, 0.1) is 0 Å². The Morgan fingerprint density at radius 1 is 0.931 bits per heavy atom. The van der Waals surface area contributed by atoms with Gasteiger partial charge in [-0.15, -0.1) is 0 Å². The van der Waals surface area contributed by atoms with Crippen LogP contribution in [0.4, 0.5) is 11.4 Å². The Labute approximate surface area is 176 Å². The lowest BCUT2D eigenvalue weighted by atomic mass is 9.78. The molecule has 0 unspecified atom stereocenters. The first-order valence-corrected chi connectivity index (χ1v) is 10.3. The van der Waals surface area contributed by atoms with Gasteiger partial charge < -0.3 is 10.6 Å². The number of anilines is 2. The summed E-state index contributed by atoms with van der Waals surface area (Å²) in [5, 5.41) is 6.98. The number of rotatable bonds is 3. The molecule has 0 saturated heterocycles. The summed E-state index contributed by atoms with van der Waals surface area (Å²) in [6.07, 6.45) is 1.99. The van der Waals surface area contributed by atoms with Crippen molar-refractivity contribution in [1.29, 1.82) is 0 Å². The van der Waals surface area contributed by atoms with E-state index in [4.69, 9.17) is 0 Å². The standard InChI is InChI=1S/C27H34N2/c1-17-14-25(23(27(7,8)9)15-22(17)26(4,5)6)29-19(3)21-16-28-24-13-11-10-12-20(24)18(21)2/h10-16,28-29H,2-3H2,1,4-9H3. The minimum atomic E-state index is 0.0130. The Balaban J connectivity index is 1.98. The molecular weight excluding hydrogens is 352 g/mol. The van der Waals surface area contributed by atoms with Gasteiger partial charge in [-0.05, 0) is 52.1 Å². The SMILES string of the molecule is C=C(Nc1cc(C)c(C(C)(C)C)cc1C(C)(C)C)C1=CNc2ccccc2C1=C. The smallest absolute Gasteiger partial charge is 0.0459 e. The molecule has 0 radical (unpaired) electrons. The Kier molecular flexibility index (Phi) is 5.25. The molecule has 0 aliphatic carbocycles. The molecule has 0 amide bonds. The number of benzene rings is 2. The third kappa shape index (κ3) is 4.17. The van der Waals surface area contributed by atoms with E-state index in [1.54, 1.807) is 0 Å². The molecule has 1 aliphatic rings. The largest absolute Gasteiger partial charge is 0.360 e. The highest BCUT2D eigenvalue weighted by Crippen LogP contribution is 2.39. The van der Waals surface area contributed by atoms with Crippen LogP contribution in [0, 0.1) is 6.92 Å². The van der Waals surface area contributed by atoms with E-state index in [9.17, 15) is 0 Å². The summed E-state index contributed by atoms with van der Waals surface area (Å²) in [5.41, 5.74) is 10.2. The van der Waals surface area contributed by atoms with Gasteiger partial charge in [-0.3, -0.25) is 0 Å². The molecule has 3 rings (SSSR count). The number of fused-ring (bicyclic) bond motifs is 1. The number of allylic oxidation sites excluding steroid dienone is 1. The molecule has 0 aromatic heterocycles. The van der Waals surface area contributed by atoms with Crippen LogP contribution in [0.15, 0.2) is 67.0 Å². The van der Waals surface area contributed by atoms with E-state index in [2.05, 4.69) is 96.5 Å². The van der Waals surface area contributed by atoms with E-state index in [-0.39, 0.29) is 10.8 Å². The van der Waals surface area contributed by atoms with Crippen molar-refractivity contribution in [2.24, 2.45) is 0 Å². The van der Waals surface area contributed by atoms with Crippen molar-refractivity contribution >= 4 is 16.9 Å². The lowest BCUT2D eigenvalue weighted by Crippen LogP contribution is -2.20. The first kappa shape index (κ1) is 21.0. The summed E-state index contributed by atoms with van der Waals surface area (Å²) < 4.78 is 0. The maximum atomic E-state index is 4.34. The highest BCUT2D eigenvalue weighted by molar-refractivity contribution is 5.91. The Bertz CT molecular complexity index is 1010. The quantitative estimate of drug-likeness (QED) is 0.569. The minimum Gasteiger partial charge on any atom is -0.360 e. The molecule has 0 bridgehead atoms. The Morgan fingerprint density at radius 2 is 1.55 bits per heavy atom. The van der Waals surface area contributed by atoms with Crippen molar-refractivity contribution in [3.63, 3.8) is 0 Å². The van der Waals surface area contributed by atoms with Gasteiger partial charge in [0.1, 0.15) is 0 Å². The first-order valence-electron chi connectivity index (χ1n) is 10.3. The molecule has 1 heterocycles. The molecule has 2 nitrogen and oxygen atoms in total. The van der Waals surface area contributed by atoms with E-state index in [0.717, 1.165) is 33.8 Å². The summed E-state index contributed by atoms with van der Waals surface area (Å²) in [6.45, 7) is 24.4. The van der Waals surface area contributed by atoms with Crippen LogP contribution >= 0.6 is 0 Å². The van der Waals surface area contributed by atoms with Crippen molar-refractivity contribution in [1.82, 2.24) is 0 Å². The van der Waals surface area contributed by atoms with Gasteiger partial charge in [0.25, 0.3) is 0 Å². The van der Waals surface area contributed by atoms with Gasteiger partial charge in [-0.1, -0.05) is 79.0 Å². The molecule has 0 saturated carbocycles. The zero-order valence-electron chi connectivity index (χ0n) is 19.0. The van der Waals surface area contributed by atoms with Gasteiger partial charge >= 0.3 is 0 Å². The van der Waals surface area contributed by atoms with Crippen molar-refractivity contribution in [2.75, 3.05) is 10.6 Å². The maximum absolute atomic E-state index is 4.34. The second kappa shape index (κ2) is 7.26. The van der Waals surface area contributed by atoms with Gasteiger partial charge in [0, 0.05) is 34.4 Å². The molecule has 1 aliphatic heterocycles. The lowest BCUT2D eigenvalue weighted by Gasteiger charge is -2.30. The summed E-state index contributed by atoms with van der Waals surface area (Å²) in [6, 6.07) is 12.9. The van der Waals surface area contributed by atoms with Gasteiger partial charge in [0.2, 0.25) is 0 Å². The zero-order valence-corrected chi connectivity index (χ0v) is 19.0. The molecule has 0 fully saturated rings. The van der Waals surface area contributed by atoms with Crippen molar-refractivity contribution in [3.8, 4) is 0 Å². The van der Waals surface area contributed by atoms with Crippen LogP contribution < -0.4 is 10.6 Å². The normalized spacial score (nSPS) is 14.0. The van der Waals surface area contributed by atoms with Crippen LogP contribution in [-0.2, 0) is 10.8 Å². The van der Waals surface area contributed by atoms with Crippen molar-refractivity contribution in [2.45, 2.75) is 59.3 Å². The number of nitrogens with one attached hydrogen (secondary N) is 2. The average molecular weight is 387 g/mol. The second-order valence-corrected chi connectivity index (χ2v) is 10.0. The lowest BCUT2D eigenvalue weighted by molar-refractivity contribution is 0.567. The highest BCUT2D eigenvalue weighted by Gasteiger charge is 2.25. The summed E-state index contributed by atoms with van der Waals surface area (Å²) >= 11 is 0. The molecule has 29 heavy (non-hydrogen) atoms. The van der Waals surface area contributed by atoms with E-state index in [1.807, 2.05) is 18.3 Å². The Morgan fingerprint density at radius 3 is 2.17 bits per heavy atom. The summed E-state index contributed by atoms with van der Waals surface area (Å²) in [5.74, 6) is 0. The van der Waals surface area contributed by atoms with Crippen molar-refractivity contribution < 1.29 is 0 Å². The van der Waals surface area contributed by atoms with Gasteiger partial charge in [-0.25, -0.2) is 0 Å². The van der Waals surface area contributed by atoms with Crippen LogP contribution in [0.1, 0.15) is 63.8 Å². The fourth-order valence-corrected chi connectivity index (χ4v) is 3.99. The number of hydrogen-bond acceptors (Lipinski definition) is 2. The predicted octanol–water partition coefficient (Wildman–Crippen LogP) is 7.54. The third-order valence-corrected chi connectivity index (χ3v) is 5.54. The molecule has 2 heteroatoms. The van der Waals surface area contributed by atoms with E-state index < -0.39 is 0 Å². The molecule has 2 N–H and O–H groups in total. The monoisotopic (exact) mass is 386 g/mol. The molecule has 0 spiro atoms.